The van der Waals surface area contributed by atoms with Crippen LogP contribution in [0.5, 0.6) is 0 Å². The molecule has 3 heterocycles. The van der Waals surface area contributed by atoms with Crippen LogP contribution in [-0.2, 0) is 4.74 Å². The maximum absolute atomic E-state index is 11.8. The van der Waals surface area contributed by atoms with Crippen molar-refractivity contribution in [3.05, 3.63) is 66.0 Å². The van der Waals surface area contributed by atoms with Gasteiger partial charge in [-0.2, -0.15) is 0 Å². The predicted molar refractivity (Wildman–Crippen MR) is 120 cm³/mol. The lowest BCUT2D eigenvalue weighted by Gasteiger charge is -2.27. The van der Waals surface area contributed by atoms with Crippen LogP contribution in [0.25, 0.3) is 11.1 Å². The van der Waals surface area contributed by atoms with Crippen molar-refractivity contribution >= 4 is 29.0 Å². The number of pyridine rings is 2. The summed E-state index contributed by atoms with van der Waals surface area (Å²) in [5, 5.41) is 21.1. The first kappa shape index (κ1) is 20.5. The Kier molecular flexibility index (Phi) is 5.90. The molecule has 4 rings (SSSR count). The molecular formula is C23H23N5O3. The molecule has 8 heteroatoms. The van der Waals surface area contributed by atoms with E-state index in [4.69, 9.17) is 10.1 Å². The molecule has 3 N–H and O–H groups in total. The number of hydrogen-bond donors (Lipinski definition) is 3. The van der Waals surface area contributed by atoms with Crippen LogP contribution >= 0.6 is 0 Å². The fourth-order valence-corrected chi connectivity index (χ4v) is 3.54. The molecule has 0 radical (unpaired) electrons. The van der Waals surface area contributed by atoms with Gasteiger partial charge in [-0.05, 0) is 42.8 Å². The van der Waals surface area contributed by atoms with Gasteiger partial charge in [0.1, 0.15) is 11.6 Å². The van der Waals surface area contributed by atoms with Crippen LogP contribution in [-0.4, -0.2) is 53.1 Å². The number of rotatable bonds is 6. The second kappa shape index (κ2) is 8.93. The molecule has 158 valence electrons. The number of benzene rings is 1. The molecule has 2 aromatic heterocycles. The fourth-order valence-electron chi connectivity index (χ4n) is 3.54. The highest BCUT2D eigenvalue weighted by molar-refractivity contribution is 6.08. The van der Waals surface area contributed by atoms with Crippen LogP contribution in [0.4, 0.5) is 17.3 Å². The summed E-state index contributed by atoms with van der Waals surface area (Å²) >= 11 is 0. The average molecular weight is 417 g/mol. The number of hydrogen-bond acceptors (Lipinski definition) is 7. The third kappa shape index (κ3) is 4.54. The van der Waals surface area contributed by atoms with E-state index in [9.17, 15) is 9.90 Å². The van der Waals surface area contributed by atoms with Gasteiger partial charge in [-0.25, -0.2) is 14.8 Å². The average Bonchev–Trinajstić information content (AvgIpc) is 2.79. The lowest BCUT2D eigenvalue weighted by Crippen LogP contribution is -2.36. The van der Waals surface area contributed by atoms with Gasteiger partial charge in [0.2, 0.25) is 0 Å². The number of carboxylic acids is 1. The van der Waals surface area contributed by atoms with Crippen molar-refractivity contribution in [2.45, 2.75) is 6.92 Å². The summed E-state index contributed by atoms with van der Waals surface area (Å²) in [6, 6.07) is 14.7. The Morgan fingerprint density at radius 2 is 1.90 bits per heavy atom. The molecule has 0 spiro atoms. The minimum atomic E-state index is -1.13. The number of carboxylic acid groups (broad SMARTS) is 1. The third-order valence-electron chi connectivity index (χ3n) is 5.04. The Hall–Kier alpha value is -3.78. The van der Waals surface area contributed by atoms with Crippen molar-refractivity contribution < 1.29 is 14.6 Å². The number of aromatic carboxylic acids is 1. The lowest BCUT2D eigenvalue weighted by atomic mass is 9.97. The molecule has 1 fully saturated rings. The molecule has 0 unspecified atom stereocenters. The number of morpholine rings is 1. The highest BCUT2D eigenvalue weighted by atomic mass is 16.5. The molecule has 0 amide bonds. The molecule has 3 aromatic rings. The van der Waals surface area contributed by atoms with Crippen molar-refractivity contribution in [3.63, 3.8) is 0 Å². The third-order valence-corrected chi connectivity index (χ3v) is 5.04. The summed E-state index contributed by atoms with van der Waals surface area (Å²) in [5.41, 5.74) is 2.78. The lowest BCUT2D eigenvalue weighted by molar-refractivity contribution is 0.0690. The Morgan fingerprint density at radius 1 is 1.16 bits per heavy atom. The van der Waals surface area contributed by atoms with Crippen molar-refractivity contribution in [1.82, 2.24) is 9.97 Å². The summed E-state index contributed by atoms with van der Waals surface area (Å²) in [7, 11) is 0. The number of carbonyl (C=O) groups is 1. The van der Waals surface area contributed by atoms with Gasteiger partial charge in [0, 0.05) is 41.8 Å². The molecule has 0 atom stereocenters. The summed E-state index contributed by atoms with van der Waals surface area (Å²) in [5.74, 6) is 0.0330. The molecule has 0 aliphatic carbocycles. The SMILES string of the molecule is CC(=N)c1c(-c2ccc(N3CCOCC3)nc2)cc(C(=O)O)nc1Nc1ccccc1. The van der Waals surface area contributed by atoms with Crippen molar-refractivity contribution in [1.29, 1.82) is 5.41 Å². The van der Waals surface area contributed by atoms with Crippen molar-refractivity contribution in [3.8, 4) is 11.1 Å². The molecule has 1 aliphatic rings. The monoisotopic (exact) mass is 417 g/mol. The van der Waals surface area contributed by atoms with Gasteiger partial charge in [0.15, 0.2) is 5.69 Å². The first-order chi connectivity index (χ1) is 15.0. The Balaban J connectivity index is 1.78. The molecule has 1 aromatic carbocycles. The summed E-state index contributed by atoms with van der Waals surface area (Å²) < 4.78 is 5.39. The quantitative estimate of drug-likeness (QED) is 0.523. The van der Waals surface area contributed by atoms with E-state index in [1.54, 1.807) is 13.1 Å². The molecule has 0 saturated carbocycles. The van der Waals surface area contributed by atoms with Crippen molar-refractivity contribution in [2.75, 3.05) is 36.5 Å². The van der Waals surface area contributed by atoms with Gasteiger partial charge in [0.05, 0.1) is 13.2 Å². The number of nitrogens with zero attached hydrogens (tertiary/aromatic N) is 3. The number of anilines is 3. The van der Waals surface area contributed by atoms with E-state index in [0.29, 0.717) is 30.2 Å². The van der Waals surface area contributed by atoms with Crippen LogP contribution < -0.4 is 10.2 Å². The van der Waals surface area contributed by atoms with Gasteiger partial charge in [-0.1, -0.05) is 18.2 Å². The van der Waals surface area contributed by atoms with Gasteiger partial charge < -0.3 is 25.5 Å². The zero-order chi connectivity index (χ0) is 21.8. The van der Waals surface area contributed by atoms with Gasteiger partial charge in [-0.15, -0.1) is 0 Å². The van der Waals surface area contributed by atoms with E-state index >= 15 is 0 Å². The highest BCUT2D eigenvalue weighted by Crippen LogP contribution is 2.32. The molecular weight excluding hydrogens is 394 g/mol. The normalized spacial score (nSPS) is 13.6. The molecule has 1 saturated heterocycles. The predicted octanol–water partition coefficient (Wildman–Crippen LogP) is 3.81. The minimum Gasteiger partial charge on any atom is -0.477 e. The second-order valence-corrected chi connectivity index (χ2v) is 7.20. The summed E-state index contributed by atoms with van der Waals surface area (Å²) in [6.07, 6.45) is 1.71. The zero-order valence-electron chi connectivity index (χ0n) is 17.1. The molecule has 1 aliphatic heterocycles. The largest absolute Gasteiger partial charge is 0.477 e. The maximum atomic E-state index is 11.8. The number of aromatic nitrogens is 2. The smallest absolute Gasteiger partial charge is 0.354 e. The van der Waals surface area contributed by atoms with E-state index in [1.165, 1.54) is 6.07 Å². The van der Waals surface area contributed by atoms with E-state index in [2.05, 4.69) is 20.2 Å². The topological polar surface area (TPSA) is 111 Å². The first-order valence-electron chi connectivity index (χ1n) is 9.98. The Bertz CT molecular complexity index is 1090. The number of nitrogens with one attached hydrogen (secondary N) is 2. The highest BCUT2D eigenvalue weighted by Gasteiger charge is 2.20. The van der Waals surface area contributed by atoms with E-state index in [0.717, 1.165) is 30.2 Å². The summed E-state index contributed by atoms with van der Waals surface area (Å²) in [6.45, 7) is 4.55. The minimum absolute atomic E-state index is 0.101. The fraction of sp³-hybridized carbons (Fsp3) is 0.217. The van der Waals surface area contributed by atoms with Gasteiger partial charge in [-0.3, -0.25) is 0 Å². The van der Waals surface area contributed by atoms with Gasteiger partial charge in [0.25, 0.3) is 0 Å². The van der Waals surface area contributed by atoms with Crippen LogP contribution in [0.15, 0.2) is 54.7 Å². The Labute approximate surface area is 180 Å². The number of ether oxygens (including phenoxy) is 1. The molecule has 8 nitrogen and oxygen atoms in total. The molecule has 31 heavy (non-hydrogen) atoms. The summed E-state index contributed by atoms with van der Waals surface area (Å²) in [4.78, 5) is 22.8. The zero-order valence-corrected chi connectivity index (χ0v) is 17.1. The van der Waals surface area contributed by atoms with Crippen LogP contribution in [0.3, 0.4) is 0 Å². The Morgan fingerprint density at radius 3 is 2.52 bits per heavy atom. The maximum Gasteiger partial charge on any atom is 0.354 e. The van der Waals surface area contributed by atoms with E-state index in [1.807, 2.05) is 42.5 Å². The van der Waals surface area contributed by atoms with Crippen LogP contribution in [0.1, 0.15) is 23.0 Å². The van der Waals surface area contributed by atoms with Gasteiger partial charge >= 0.3 is 5.97 Å². The molecule has 0 bridgehead atoms. The van der Waals surface area contributed by atoms with Crippen molar-refractivity contribution in [2.24, 2.45) is 0 Å². The second-order valence-electron chi connectivity index (χ2n) is 7.20. The van der Waals surface area contributed by atoms with Crippen LogP contribution in [0.2, 0.25) is 0 Å². The first-order valence-corrected chi connectivity index (χ1v) is 9.98. The van der Waals surface area contributed by atoms with E-state index < -0.39 is 5.97 Å². The number of para-hydroxylation sites is 1. The standard InChI is InChI=1S/C23H23N5O3/c1-15(24)21-18(16-7-8-20(25-14-16)28-9-11-31-12-10-28)13-19(23(29)30)27-22(21)26-17-5-3-2-4-6-17/h2-8,13-14,24H,9-12H2,1H3,(H,26,27)(H,29,30). The van der Waals surface area contributed by atoms with E-state index in [-0.39, 0.29) is 11.4 Å². The van der Waals surface area contributed by atoms with Crippen LogP contribution in [0, 0.1) is 5.41 Å².